The minimum atomic E-state index is 0.159. The van der Waals surface area contributed by atoms with Gasteiger partial charge < -0.3 is 0 Å². The smallest absolute Gasteiger partial charge is 0.164 e. The Morgan fingerprint density at radius 3 is 2.57 bits per heavy atom. The molecule has 3 heteroatoms. The topological polar surface area (TPSA) is 30.0 Å². The summed E-state index contributed by atoms with van der Waals surface area (Å²) in [6.07, 6.45) is 3.04. The molecular formula is C11H13BrNO. The Morgan fingerprint density at radius 1 is 1.36 bits per heavy atom. The lowest BCUT2D eigenvalue weighted by Gasteiger charge is -2.03. The minimum Gasteiger partial charge on any atom is -0.294 e. The molecule has 0 spiro atoms. The van der Waals surface area contributed by atoms with Gasteiger partial charge in [-0.25, -0.2) is 4.98 Å². The molecule has 75 valence electrons. The molecule has 0 aliphatic rings. The molecule has 1 aromatic heterocycles. The summed E-state index contributed by atoms with van der Waals surface area (Å²) >= 11 is 3.23. The number of Topliss-reactive ketones (excluding diaryl/α,β-unsaturated/α-hetero) is 1. The van der Waals surface area contributed by atoms with Crippen molar-refractivity contribution in [3.63, 3.8) is 0 Å². The third-order valence-corrected chi connectivity index (χ3v) is 2.37. The van der Waals surface area contributed by atoms with Crippen molar-refractivity contribution in [2.75, 3.05) is 0 Å². The fraction of sp³-hybridized carbons (Fsp3) is 0.364. The Balaban J connectivity index is 2.57. The number of hydrogen-bond acceptors (Lipinski definition) is 2. The fourth-order valence-corrected chi connectivity index (χ4v) is 1.28. The maximum absolute atomic E-state index is 11.6. The van der Waals surface area contributed by atoms with E-state index in [1.165, 1.54) is 5.92 Å². The van der Waals surface area contributed by atoms with Gasteiger partial charge in [0.15, 0.2) is 5.78 Å². The Hall–Kier alpha value is -0.700. The second kappa shape index (κ2) is 5.25. The van der Waals surface area contributed by atoms with Crippen molar-refractivity contribution in [3.05, 3.63) is 34.4 Å². The molecular weight excluding hydrogens is 242 g/mol. The Morgan fingerprint density at radius 2 is 2.07 bits per heavy atom. The summed E-state index contributed by atoms with van der Waals surface area (Å²) in [6.45, 7) is 4.07. The van der Waals surface area contributed by atoms with Gasteiger partial charge in [-0.2, -0.15) is 0 Å². The lowest BCUT2D eigenvalue weighted by molar-refractivity contribution is 0.0981. The summed E-state index contributed by atoms with van der Waals surface area (Å²) in [6, 6.07) is 3.58. The zero-order valence-electron chi connectivity index (χ0n) is 8.38. The van der Waals surface area contributed by atoms with Crippen molar-refractivity contribution in [1.82, 2.24) is 4.98 Å². The number of rotatable bonds is 4. The van der Waals surface area contributed by atoms with Gasteiger partial charge in [-0.3, -0.25) is 4.79 Å². The summed E-state index contributed by atoms with van der Waals surface area (Å²) in [5.74, 6) is 1.44. The van der Waals surface area contributed by atoms with Gasteiger partial charge in [-0.1, -0.05) is 13.8 Å². The van der Waals surface area contributed by atoms with Gasteiger partial charge in [0.1, 0.15) is 4.60 Å². The van der Waals surface area contributed by atoms with Crippen molar-refractivity contribution in [3.8, 4) is 0 Å². The molecule has 0 aliphatic heterocycles. The summed E-state index contributed by atoms with van der Waals surface area (Å²) in [5, 5.41) is 0. The molecule has 1 radical (unpaired) electrons. The first-order chi connectivity index (χ1) is 6.59. The molecule has 0 N–H and O–H groups in total. The van der Waals surface area contributed by atoms with Crippen molar-refractivity contribution >= 4 is 21.7 Å². The lowest BCUT2D eigenvalue weighted by Crippen LogP contribution is -2.01. The maximum atomic E-state index is 11.6. The number of carbonyl (C=O) groups is 1. The highest BCUT2D eigenvalue weighted by Crippen LogP contribution is 2.12. The number of pyridine rings is 1. The van der Waals surface area contributed by atoms with Gasteiger partial charge >= 0.3 is 0 Å². The normalized spacial score (nSPS) is 10.6. The van der Waals surface area contributed by atoms with Crippen LogP contribution in [0.25, 0.3) is 0 Å². The highest BCUT2D eigenvalue weighted by Gasteiger charge is 2.06. The van der Waals surface area contributed by atoms with Gasteiger partial charge in [0.2, 0.25) is 0 Å². The summed E-state index contributed by atoms with van der Waals surface area (Å²) in [4.78, 5) is 15.6. The largest absolute Gasteiger partial charge is 0.294 e. The van der Waals surface area contributed by atoms with E-state index in [1.807, 2.05) is 13.8 Å². The average Bonchev–Trinajstić information content (AvgIpc) is 2.15. The third-order valence-electron chi connectivity index (χ3n) is 1.90. The van der Waals surface area contributed by atoms with Crippen LogP contribution >= 0.6 is 15.9 Å². The second-order valence-electron chi connectivity index (χ2n) is 3.50. The molecule has 1 heterocycles. The van der Waals surface area contributed by atoms with Gasteiger partial charge in [0, 0.05) is 18.2 Å². The Labute approximate surface area is 92.9 Å². The number of halogens is 1. The average molecular weight is 255 g/mol. The maximum Gasteiger partial charge on any atom is 0.164 e. The van der Waals surface area contributed by atoms with E-state index >= 15 is 0 Å². The zero-order valence-corrected chi connectivity index (χ0v) is 9.97. The molecule has 0 saturated carbocycles. The number of carbonyl (C=O) groups excluding carboxylic acids is 1. The number of ketones is 1. The molecule has 1 aromatic rings. The first-order valence-electron chi connectivity index (χ1n) is 4.53. The number of aromatic nitrogens is 1. The number of nitrogens with zero attached hydrogens (tertiary/aromatic N) is 1. The molecule has 0 amide bonds. The standard InChI is InChI=1S/C11H13BrNO/c1-8(2)3-5-10(14)9-4-6-11(12)13-7-9/h4,6-7H,3,5H2,1-2H3. The van der Waals surface area contributed by atoms with Gasteiger partial charge in [0.25, 0.3) is 0 Å². The van der Waals surface area contributed by atoms with Crippen LogP contribution in [0.15, 0.2) is 22.9 Å². The third kappa shape index (κ3) is 3.58. The molecule has 2 nitrogen and oxygen atoms in total. The molecule has 0 aliphatic carbocycles. The minimum absolute atomic E-state index is 0.159. The molecule has 0 saturated heterocycles. The van der Waals surface area contributed by atoms with E-state index < -0.39 is 0 Å². The van der Waals surface area contributed by atoms with Crippen LogP contribution in [-0.2, 0) is 0 Å². The molecule has 0 unspecified atom stereocenters. The highest BCUT2D eigenvalue weighted by atomic mass is 79.9. The summed E-state index contributed by atoms with van der Waals surface area (Å²) in [5.41, 5.74) is 0.689. The summed E-state index contributed by atoms with van der Waals surface area (Å²) < 4.78 is 0.757. The Kier molecular flexibility index (Phi) is 4.26. The Bertz CT molecular complexity index is 306. The molecule has 1 rings (SSSR count). The van der Waals surface area contributed by atoms with Crippen molar-refractivity contribution in [1.29, 1.82) is 0 Å². The predicted octanol–water partition coefficient (Wildman–Crippen LogP) is 3.42. The van der Waals surface area contributed by atoms with Gasteiger partial charge in [0.05, 0.1) is 0 Å². The van der Waals surface area contributed by atoms with Crippen LogP contribution in [0.3, 0.4) is 0 Å². The summed E-state index contributed by atoms with van der Waals surface area (Å²) in [7, 11) is 0. The van der Waals surface area contributed by atoms with Gasteiger partial charge in [-0.05, 0) is 40.4 Å². The molecule has 0 fully saturated rings. The van der Waals surface area contributed by atoms with E-state index in [2.05, 4.69) is 20.9 Å². The van der Waals surface area contributed by atoms with E-state index in [-0.39, 0.29) is 5.78 Å². The van der Waals surface area contributed by atoms with Crippen molar-refractivity contribution in [2.24, 2.45) is 0 Å². The van der Waals surface area contributed by atoms with E-state index in [9.17, 15) is 4.79 Å². The van der Waals surface area contributed by atoms with Crippen molar-refractivity contribution < 1.29 is 4.79 Å². The van der Waals surface area contributed by atoms with Crippen LogP contribution in [0.5, 0.6) is 0 Å². The van der Waals surface area contributed by atoms with Crippen LogP contribution in [0.4, 0.5) is 0 Å². The van der Waals surface area contributed by atoms with E-state index in [0.717, 1.165) is 11.0 Å². The van der Waals surface area contributed by atoms with Crippen LogP contribution in [-0.4, -0.2) is 10.8 Å². The van der Waals surface area contributed by atoms with Crippen LogP contribution in [0, 0.1) is 5.92 Å². The molecule has 0 atom stereocenters. The van der Waals surface area contributed by atoms with Gasteiger partial charge in [-0.15, -0.1) is 0 Å². The SMILES string of the molecule is C[C](C)CCC(=O)c1ccc(Br)nc1. The fourth-order valence-electron chi connectivity index (χ4n) is 1.05. The highest BCUT2D eigenvalue weighted by molar-refractivity contribution is 9.10. The monoisotopic (exact) mass is 254 g/mol. The molecule has 14 heavy (non-hydrogen) atoms. The zero-order chi connectivity index (χ0) is 10.6. The number of hydrogen-bond donors (Lipinski definition) is 0. The lowest BCUT2D eigenvalue weighted by atomic mass is 10.0. The first kappa shape index (κ1) is 11.4. The van der Waals surface area contributed by atoms with Crippen molar-refractivity contribution in [2.45, 2.75) is 26.7 Å². The quantitative estimate of drug-likeness (QED) is 0.609. The molecule has 0 aromatic carbocycles. The predicted molar refractivity (Wildman–Crippen MR) is 60.1 cm³/mol. The molecule has 0 bridgehead atoms. The van der Waals surface area contributed by atoms with Crippen LogP contribution in [0.1, 0.15) is 37.0 Å². The first-order valence-corrected chi connectivity index (χ1v) is 5.32. The van der Waals surface area contributed by atoms with Crippen LogP contribution in [0.2, 0.25) is 0 Å². The van der Waals surface area contributed by atoms with E-state index in [0.29, 0.717) is 12.0 Å². The van der Waals surface area contributed by atoms with E-state index in [1.54, 1.807) is 18.3 Å². The van der Waals surface area contributed by atoms with E-state index in [4.69, 9.17) is 0 Å². The second-order valence-corrected chi connectivity index (χ2v) is 4.31. The van der Waals surface area contributed by atoms with Crippen LogP contribution < -0.4 is 0 Å².